The molecule has 1 heterocycles. The highest BCUT2D eigenvalue weighted by Gasteiger charge is 2.52. The van der Waals surface area contributed by atoms with Crippen molar-refractivity contribution in [2.75, 3.05) is 0 Å². The molecular formula is C19H21NO2. The Kier molecular flexibility index (Phi) is 3.41. The Hall–Kier alpha value is -2.00. The molecule has 0 aliphatic carbocycles. The second kappa shape index (κ2) is 5.03. The number of carbonyl (C=O) groups excluding carboxylic acids is 1. The maximum atomic E-state index is 12.5. The fraction of sp³-hybridized carbons (Fsp3) is 0.368. The van der Waals surface area contributed by atoms with Crippen LogP contribution in [0.25, 0.3) is 10.8 Å². The first-order chi connectivity index (χ1) is 10.3. The third-order valence-electron chi connectivity index (χ3n) is 4.25. The second-order valence-electron chi connectivity index (χ2n) is 6.87. The van der Waals surface area contributed by atoms with Gasteiger partial charge in [0.05, 0.1) is 17.2 Å². The van der Waals surface area contributed by atoms with Crippen molar-refractivity contribution in [3.8, 4) is 0 Å². The molecule has 3 heteroatoms. The van der Waals surface area contributed by atoms with Gasteiger partial charge in [-0.2, -0.15) is 0 Å². The number of benzene rings is 2. The number of carbonyl (C=O) groups is 1. The number of fused-ring (bicyclic) bond motifs is 1. The van der Waals surface area contributed by atoms with E-state index in [1.165, 1.54) is 5.39 Å². The van der Waals surface area contributed by atoms with Crippen LogP contribution in [0.4, 0.5) is 5.69 Å². The summed E-state index contributed by atoms with van der Waals surface area (Å²) in [5, 5.41) is 2.33. The van der Waals surface area contributed by atoms with Gasteiger partial charge in [0.25, 0.3) is 0 Å². The van der Waals surface area contributed by atoms with Gasteiger partial charge in [-0.1, -0.05) is 30.3 Å². The Balaban J connectivity index is 1.90. The highest BCUT2D eigenvalue weighted by molar-refractivity contribution is 6.03. The molecule has 22 heavy (non-hydrogen) atoms. The van der Waals surface area contributed by atoms with E-state index in [4.69, 9.17) is 4.74 Å². The lowest BCUT2D eigenvalue weighted by molar-refractivity contribution is -0.132. The summed E-state index contributed by atoms with van der Waals surface area (Å²) in [6, 6.07) is 14.2. The van der Waals surface area contributed by atoms with Crippen LogP contribution < -0.4 is 0 Å². The molecule has 3 nitrogen and oxygen atoms in total. The summed E-state index contributed by atoms with van der Waals surface area (Å²) in [4.78, 5) is 17.0. The third kappa shape index (κ3) is 2.57. The highest BCUT2D eigenvalue weighted by Crippen LogP contribution is 2.38. The summed E-state index contributed by atoms with van der Waals surface area (Å²) in [6.07, 6.45) is 1.74. The van der Waals surface area contributed by atoms with Crippen molar-refractivity contribution in [1.82, 2.24) is 0 Å². The van der Waals surface area contributed by atoms with Gasteiger partial charge in [0.2, 0.25) is 0 Å². The second-order valence-corrected chi connectivity index (χ2v) is 6.87. The molecule has 0 bridgehead atoms. The van der Waals surface area contributed by atoms with E-state index < -0.39 is 11.2 Å². The number of ketones is 1. The van der Waals surface area contributed by atoms with Crippen LogP contribution >= 0.6 is 0 Å². The first-order valence-corrected chi connectivity index (χ1v) is 7.57. The largest absolute Gasteiger partial charge is 0.361 e. The van der Waals surface area contributed by atoms with Gasteiger partial charge < -0.3 is 4.74 Å². The fourth-order valence-electron chi connectivity index (χ4n) is 3.13. The van der Waals surface area contributed by atoms with Crippen molar-refractivity contribution in [3.63, 3.8) is 0 Å². The average molecular weight is 295 g/mol. The minimum atomic E-state index is -0.746. The molecule has 0 saturated carbocycles. The van der Waals surface area contributed by atoms with Crippen molar-refractivity contribution in [2.24, 2.45) is 10.9 Å². The molecule has 0 radical (unpaired) electrons. The molecule has 0 aromatic heterocycles. The number of hydrogen-bond donors (Lipinski definition) is 0. The molecule has 1 fully saturated rings. The number of Topliss-reactive ketones (excluding diaryl/α,β-unsaturated/α-hetero) is 1. The van der Waals surface area contributed by atoms with Crippen molar-refractivity contribution in [3.05, 3.63) is 42.5 Å². The monoisotopic (exact) mass is 295 g/mol. The number of aliphatic imine (C=N–C) groups is 1. The molecule has 1 saturated heterocycles. The van der Waals surface area contributed by atoms with Crippen LogP contribution in [0.3, 0.4) is 0 Å². The van der Waals surface area contributed by atoms with Crippen LogP contribution in [-0.2, 0) is 9.53 Å². The van der Waals surface area contributed by atoms with Crippen LogP contribution in [0, 0.1) is 5.92 Å². The molecule has 1 aliphatic heterocycles. The summed E-state index contributed by atoms with van der Waals surface area (Å²) in [7, 11) is 0. The first-order valence-electron chi connectivity index (χ1n) is 7.57. The molecule has 2 aromatic carbocycles. The molecule has 1 atom stereocenters. The molecule has 0 N–H and O–H groups in total. The van der Waals surface area contributed by atoms with E-state index in [0.717, 1.165) is 11.1 Å². The van der Waals surface area contributed by atoms with Crippen LogP contribution in [0.15, 0.2) is 47.5 Å². The van der Waals surface area contributed by atoms with E-state index in [1.54, 1.807) is 6.21 Å². The number of hydrogen-bond acceptors (Lipinski definition) is 3. The standard InChI is InChI=1S/C19H21NO2/c1-18(2)16(17(21)19(3,4)22-18)12-20-15-10-9-13-7-5-6-8-14(13)11-15/h5-12,16H,1-4H3. The summed E-state index contributed by atoms with van der Waals surface area (Å²) >= 11 is 0. The summed E-state index contributed by atoms with van der Waals surface area (Å²) < 4.78 is 5.88. The summed E-state index contributed by atoms with van der Waals surface area (Å²) in [5.74, 6) is -0.240. The maximum Gasteiger partial charge on any atom is 0.175 e. The predicted octanol–water partition coefficient (Wildman–Crippen LogP) is 4.31. The molecule has 1 unspecified atom stereocenters. The quantitative estimate of drug-likeness (QED) is 0.774. The Morgan fingerprint density at radius 3 is 2.36 bits per heavy atom. The molecule has 2 aromatic rings. The van der Waals surface area contributed by atoms with Crippen LogP contribution in [-0.4, -0.2) is 23.2 Å². The van der Waals surface area contributed by atoms with Gasteiger partial charge in [0.15, 0.2) is 5.78 Å². The highest BCUT2D eigenvalue weighted by atomic mass is 16.5. The van der Waals surface area contributed by atoms with Crippen LogP contribution in [0.5, 0.6) is 0 Å². The van der Waals surface area contributed by atoms with E-state index in [0.29, 0.717) is 0 Å². The summed E-state index contributed by atoms with van der Waals surface area (Å²) in [5.41, 5.74) is -0.420. The molecule has 0 spiro atoms. The van der Waals surface area contributed by atoms with Crippen molar-refractivity contribution in [2.45, 2.75) is 38.9 Å². The SMILES string of the molecule is CC1(C)OC(C)(C)C(C=Nc2ccc3ccccc3c2)C1=O. The lowest BCUT2D eigenvalue weighted by Gasteiger charge is -2.23. The van der Waals surface area contributed by atoms with Crippen LogP contribution in [0.2, 0.25) is 0 Å². The van der Waals surface area contributed by atoms with Crippen molar-refractivity contribution in [1.29, 1.82) is 0 Å². The average Bonchev–Trinajstić information content (AvgIpc) is 2.61. The lowest BCUT2D eigenvalue weighted by Crippen LogP contribution is -2.31. The smallest absolute Gasteiger partial charge is 0.175 e. The topological polar surface area (TPSA) is 38.7 Å². The Labute approximate surface area is 131 Å². The number of ether oxygens (including phenoxy) is 1. The zero-order valence-electron chi connectivity index (χ0n) is 13.5. The van der Waals surface area contributed by atoms with E-state index in [9.17, 15) is 4.79 Å². The predicted molar refractivity (Wildman–Crippen MR) is 89.8 cm³/mol. The van der Waals surface area contributed by atoms with Gasteiger partial charge in [-0.25, -0.2) is 0 Å². The van der Waals surface area contributed by atoms with E-state index in [-0.39, 0.29) is 11.7 Å². The normalized spacial score (nSPS) is 23.5. The molecule has 114 valence electrons. The van der Waals surface area contributed by atoms with Gasteiger partial charge in [0, 0.05) is 6.21 Å². The maximum absolute atomic E-state index is 12.5. The van der Waals surface area contributed by atoms with Crippen molar-refractivity contribution < 1.29 is 9.53 Å². The lowest BCUT2D eigenvalue weighted by atomic mass is 9.87. The zero-order valence-corrected chi connectivity index (χ0v) is 13.5. The van der Waals surface area contributed by atoms with E-state index in [1.807, 2.05) is 58.0 Å². The number of nitrogens with zero attached hydrogens (tertiary/aromatic N) is 1. The van der Waals surface area contributed by atoms with Gasteiger partial charge in [-0.3, -0.25) is 9.79 Å². The molecular weight excluding hydrogens is 274 g/mol. The van der Waals surface area contributed by atoms with Gasteiger partial charge >= 0.3 is 0 Å². The third-order valence-corrected chi connectivity index (χ3v) is 4.25. The number of rotatable bonds is 2. The van der Waals surface area contributed by atoms with Crippen molar-refractivity contribution >= 4 is 28.5 Å². The van der Waals surface area contributed by atoms with E-state index >= 15 is 0 Å². The molecule has 3 rings (SSSR count). The van der Waals surface area contributed by atoms with E-state index in [2.05, 4.69) is 17.1 Å². The minimum Gasteiger partial charge on any atom is -0.361 e. The molecule has 1 aliphatic rings. The first kappa shape index (κ1) is 14.9. The Bertz CT molecular complexity index is 759. The Morgan fingerprint density at radius 1 is 1.05 bits per heavy atom. The van der Waals surface area contributed by atoms with Gasteiger partial charge in [-0.05, 0) is 50.6 Å². The minimum absolute atomic E-state index is 0.0852. The zero-order chi connectivity index (χ0) is 16.0. The van der Waals surface area contributed by atoms with Gasteiger partial charge in [0.1, 0.15) is 5.60 Å². The van der Waals surface area contributed by atoms with Gasteiger partial charge in [-0.15, -0.1) is 0 Å². The molecule has 0 amide bonds. The summed E-state index contributed by atoms with van der Waals surface area (Å²) in [6.45, 7) is 7.52. The van der Waals surface area contributed by atoms with Crippen LogP contribution in [0.1, 0.15) is 27.7 Å². The fourth-order valence-corrected chi connectivity index (χ4v) is 3.13. The Morgan fingerprint density at radius 2 is 1.73 bits per heavy atom.